The van der Waals surface area contributed by atoms with Crippen LogP contribution in [-0.2, 0) is 0 Å². The lowest BCUT2D eigenvalue weighted by Crippen LogP contribution is -2.06. The number of halogens is 2. The van der Waals surface area contributed by atoms with E-state index in [1.54, 1.807) is 0 Å². The molecule has 0 radical (unpaired) electrons. The fraction of sp³-hybridized carbons (Fsp3) is 0.0204. The van der Waals surface area contributed by atoms with E-state index >= 15 is 8.78 Å². The monoisotopic (exact) mass is 714 g/mol. The maximum absolute atomic E-state index is 15.1. The summed E-state index contributed by atoms with van der Waals surface area (Å²) in [6.45, 7) is 2.10. The van der Waals surface area contributed by atoms with Gasteiger partial charge >= 0.3 is 0 Å². The van der Waals surface area contributed by atoms with Crippen molar-refractivity contribution in [2.24, 2.45) is 0 Å². The summed E-state index contributed by atoms with van der Waals surface area (Å²) >= 11 is 0. The van der Waals surface area contributed by atoms with Crippen molar-refractivity contribution >= 4 is 87.5 Å². The first-order valence-electron chi connectivity index (χ1n) is 18.3. The topological polar surface area (TPSA) is 36.1 Å². The molecule has 12 rings (SSSR count). The molecule has 0 saturated heterocycles. The normalized spacial score (nSPS) is 12.3. The van der Waals surface area contributed by atoms with Crippen LogP contribution in [0.4, 0.5) is 8.78 Å². The molecule has 6 heteroatoms. The summed E-state index contributed by atoms with van der Waals surface area (Å²) in [5.41, 5.74) is 10.7. The van der Waals surface area contributed by atoms with Crippen LogP contribution >= 0.6 is 0 Å². The maximum atomic E-state index is 15.1. The molecule has 0 unspecified atom stereocenters. The third kappa shape index (κ3) is 4.08. The van der Waals surface area contributed by atoms with Gasteiger partial charge in [-0.15, -0.1) is 0 Å². The third-order valence-corrected chi connectivity index (χ3v) is 11.4. The van der Waals surface area contributed by atoms with Crippen molar-refractivity contribution in [1.82, 2.24) is 9.13 Å². The highest BCUT2D eigenvalue weighted by molar-refractivity contribution is 6.23. The van der Waals surface area contributed by atoms with Gasteiger partial charge in [0.25, 0.3) is 0 Å². The summed E-state index contributed by atoms with van der Waals surface area (Å²) < 4.78 is 48.2. The molecule has 0 bridgehead atoms. The fourth-order valence-electron chi connectivity index (χ4n) is 9.11. The predicted octanol–water partition coefficient (Wildman–Crippen LogP) is 13.9. The molecule has 0 aliphatic carbocycles. The van der Waals surface area contributed by atoms with Gasteiger partial charge < -0.3 is 18.0 Å². The van der Waals surface area contributed by atoms with E-state index in [1.807, 2.05) is 54.6 Å². The lowest BCUT2D eigenvalue weighted by atomic mass is 9.98. The van der Waals surface area contributed by atoms with Crippen molar-refractivity contribution in [3.05, 3.63) is 169 Å². The number of hydrogen-bond donors (Lipinski definition) is 0. The van der Waals surface area contributed by atoms with Crippen LogP contribution in [0, 0.1) is 18.6 Å². The molecule has 0 N–H and O–H groups in total. The fourth-order valence-corrected chi connectivity index (χ4v) is 9.11. The Morgan fingerprint density at radius 1 is 0.436 bits per heavy atom. The largest absolute Gasteiger partial charge is 0.454 e. The van der Waals surface area contributed by atoms with Crippen LogP contribution in [0.5, 0.6) is 0 Å². The van der Waals surface area contributed by atoms with Gasteiger partial charge in [0.15, 0.2) is 11.2 Å². The average Bonchev–Trinajstić information content (AvgIpc) is 3.95. The Hall–Kier alpha value is -7.18. The van der Waals surface area contributed by atoms with Gasteiger partial charge in [0.2, 0.25) is 0 Å². The number of rotatable bonds is 3. The summed E-state index contributed by atoms with van der Waals surface area (Å²) in [5.74, 6) is -1.28. The van der Waals surface area contributed by atoms with E-state index < -0.39 is 11.6 Å². The van der Waals surface area contributed by atoms with E-state index in [0.29, 0.717) is 11.1 Å². The molecule has 12 aromatic rings. The molecule has 0 aliphatic rings. The van der Waals surface area contributed by atoms with Crippen LogP contribution in [-0.4, -0.2) is 9.13 Å². The molecule has 260 valence electrons. The summed E-state index contributed by atoms with van der Waals surface area (Å²) in [4.78, 5) is 0. The molecular weight excluding hydrogens is 687 g/mol. The third-order valence-electron chi connectivity index (χ3n) is 11.4. The minimum Gasteiger partial charge on any atom is -0.454 e. The lowest BCUT2D eigenvalue weighted by Gasteiger charge is -2.21. The number of benzene rings is 8. The highest BCUT2D eigenvalue weighted by Gasteiger charge is 2.26. The first-order valence-corrected chi connectivity index (χ1v) is 18.3. The minimum absolute atomic E-state index is 0.437. The van der Waals surface area contributed by atoms with Crippen molar-refractivity contribution < 1.29 is 17.6 Å². The molecule has 4 aromatic heterocycles. The molecule has 0 atom stereocenters. The molecule has 4 nitrogen and oxygen atoms in total. The maximum Gasteiger partial charge on any atom is 0.160 e. The predicted molar refractivity (Wildman–Crippen MR) is 220 cm³/mol. The van der Waals surface area contributed by atoms with Crippen LogP contribution in [0.3, 0.4) is 0 Å². The van der Waals surface area contributed by atoms with Crippen molar-refractivity contribution in [3.8, 4) is 22.5 Å². The number of aromatic nitrogens is 2. The van der Waals surface area contributed by atoms with Crippen LogP contribution < -0.4 is 0 Å². The van der Waals surface area contributed by atoms with Crippen LogP contribution in [0.1, 0.15) is 5.56 Å². The number of para-hydroxylation sites is 4. The van der Waals surface area contributed by atoms with Crippen LogP contribution in [0.25, 0.3) is 110 Å². The quantitative estimate of drug-likeness (QED) is 0.183. The van der Waals surface area contributed by atoms with E-state index in [1.165, 1.54) is 12.1 Å². The highest BCUT2D eigenvalue weighted by atomic mass is 19.1. The summed E-state index contributed by atoms with van der Waals surface area (Å²) in [5, 5.41) is 8.33. The minimum atomic E-state index is -0.640. The van der Waals surface area contributed by atoms with Gasteiger partial charge in [-0.1, -0.05) is 91.0 Å². The second kappa shape index (κ2) is 10.9. The summed E-state index contributed by atoms with van der Waals surface area (Å²) in [6.07, 6.45) is 0. The van der Waals surface area contributed by atoms with E-state index in [2.05, 4.69) is 94.9 Å². The second-order valence-electron chi connectivity index (χ2n) is 14.3. The zero-order valence-corrected chi connectivity index (χ0v) is 29.4. The zero-order chi connectivity index (χ0) is 36.5. The summed E-state index contributed by atoms with van der Waals surface area (Å²) in [7, 11) is 0. The Bertz CT molecular complexity index is 3580. The van der Waals surface area contributed by atoms with Gasteiger partial charge in [0.05, 0.1) is 33.4 Å². The van der Waals surface area contributed by atoms with E-state index in [9.17, 15) is 0 Å². The molecule has 0 aliphatic heterocycles. The van der Waals surface area contributed by atoms with E-state index in [0.717, 1.165) is 110 Å². The zero-order valence-electron chi connectivity index (χ0n) is 29.4. The second-order valence-corrected chi connectivity index (χ2v) is 14.3. The van der Waals surface area contributed by atoms with Crippen molar-refractivity contribution in [1.29, 1.82) is 0 Å². The van der Waals surface area contributed by atoms with Crippen LogP contribution in [0.2, 0.25) is 0 Å². The SMILES string of the molecule is Cc1c(-n2c3ccccc3c3ccc4c5ccccc5oc4c32)ccc(-c2cc(F)cc(F)c2)c1-n1c2ccccc2c2ccc3c4ccccc4oc3c21. The van der Waals surface area contributed by atoms with Crippen molar-refractivity contribution in [3.63, 3.8) is 0 Å². The molecule has 8 aromatic carbocycles. The van der Waals surface area contributed by atoms with Gasteiger partial charge in [-0.3, -0.25) is 0 Å². The van der Waals surface area contributed by atoms with Crippen molar-refractivity contribution in [2.45, 2.75) is 6.92 Å². The molecule has 0 saturated carbocycles. The molecule has 4 heterocycles. The number of nitrogens with zero attached hydrogens (tertiary/aromatic N) is 2. The van der Waals surface area contributed by atoms with Gasteiger partial charge in [0, 0.05) is 54.7 Å². The van der Waals surface area contributed by atoms with Gasteiger partial charge in [-0.2, -0.15) is 0 Å². The van der Waals surface area contributed by atoms with E-state index in [-0.39, 0.29) is 0 Å². The number of furan rings is 2. The molecule has 55 heavy (non-hydrogen) atoms. The van der Waals surface area contributed by atoms with E-state index in [4.69, 9.17) is 8.83 Å². The standard InChI is InChI=1S/C49H28F2N2O2/c1-27-40(52-41-14-6-2-10-32(41)36-18-20-38-34-12-4-8-16-43(34)54-48(38)46(36)52)23-22-31(28-24-29(50)26-30(51)25-28)45(27)53-42-15-7-3-11-33(42)37-19-21-39-35-13-5-9-17-44(35)55-49(39)47(37)53/h2-26H,1H3. The smallest absolute Gasteiger partial charge is 0.160 e. The van der Waals surface area contributed by atoms with Crippen molar-refractivity contribution in [2.75, 3.05) is 0 Å². The summed E-state index contributed by atoms with van der Waals surface area (Å²) in [6, 6.07) is 49.3. The van der Waals surface area contributed by atoms with Gasteiger partial charge in [-0.25, -0.2) is 8.78 Å². The number of hydrogen-bond acceptors (Lipinski definition) is 2. The Labute approximate surface area is 311 Å². The molecular formula is C49H28F2N2O2. The van der Waals surface area contributed by atoms with Gasteiger partial charge in [0.1, 0.15) is 22.8 Å². The molecule has 0 amide bonds. The Kier molecular flexibility index (Phi) is 6.02. The highest BCUT2D eigenvalue weighted by Crippen LogP contribution is 2.46. The molecule has 0 spiro atoms. The molecule has 0 fully saturated rings. The lowest BCUT2D eigenvalue weighted by molar-refractivity contribution is 0.584. The first-order chi connectivity index (χ1) is 27.0. The number of fused-ring (bicyclic) bond motifs is 14. The Morgan fingerprint density at radius 3 is 1.49 bits per heavy atom. The Balaban J connectivity index is 1.28. The Morgan fingerprint density at radius 2 is 0.909 bits per heavy atom. The van der Waals surface area contributed by atoms with Gasteiger partial charge in [-0.05, 0) is 72.6 Å². The first kappa shape index (κ1) is 30.3. The van der Waals surface area contributed by atoms with Crippen LogP contribution in [0.15, 0.2) is 160 Å². The average molecular weight is 715 g/mol.